The molecule has 2 fully saturated rings. The fourth-order valence-electron chi connectivity index (χ4n) is 2.25. The molecule has 4 heteroatoms. The van der Waals surface area contributed by atoms with Crippen molar-refractivity contribution in [1.29, 1.82) is 0 Å². The summed E-state index contributed by atoms with van der Waals surface area (Å²) < 4.78 is 21.9. The lowest BCUT2D eigenvalue weighted by Crippen LogP contribution is -2.54. The van der Waals surface area contributed by atoms with Crippen LogP contribution in [0.2, 0.25) is 0 Å². The van der Waals surface area contributed by atoms with Crippen molar-refractivity contribution >= 4 is 0 Å². The number of hydrogen-bond donors (Lipinski definition) is 0. The van der Waals surface area contributed by atoms with E-state index >= 15 is 0 Å². The van der Waals surface area contributed by atoms with Crippen LogP contribution in [0.15, 0.2) is 0 Å². The molecule has 2 rings (SSSR count). The second-order valence-corrected chi connectivity index (χ2v) is 4.93. The third-order valence-corrected chi connectivity index (χ3v) is 3.06. The highest BCUT2D eigenvalue weighted by molar-refractivity contribution is 4.90. The molecule has 1 unspecified atom stereocenters. The Morgan fingerprint density at radius 1 is 1.07 bits per heavy atom. The fourth-order valence-corrected chi connectivity index (χ4v) is 2.25. The van der Waals surface area contributed by atoms with Gasteiger partial charge in [0, 0.05) is 0 Å². The Bertz CT molecular complexity index is 190. The van der Waals surface area contributed by atoms with Crippen molar-refractivity contribution < 1.29 is 18.9 Å². The lowest BCUT2D eigenvalue weighted by molar-refractivity contribution is -0.278. The molecule has 2 aliphatic heterocycles. The molecule has 0 aliphatic carbocycles. The van der Waals surface area contributed by atoms with Gasteiger partial charge in [-0.1, -0.05) is 13.8 Å². The zero-order valence-corrected chi connectivity index (χ0v) is 9.53. The first-order chi connectivity index (χ1) is 7.23. The predicted molar refractivity (Wildman–Crippen MR) is 54.4 cm³/mol. The highest BCUT2D eigenvalue weighted by Crippen LogP contribution is 2.35. The summed E-state index contributed by atoms with van der Waals surface area (Å²) >= 11 is 0. The average molecular weight is 216 g/mol. The highest BCUT2D eigenvalue weighted by Gasteiger charge is 2.45. The van der Waals surface area contributed by atoms with E-state index in [1.165, 1.54) is 0 Å². The van der Waals surface area contributed by atoms with Crippen LogP contribution in [0, 0.1) is 11.3 Å². The molecule has 0 aromatic rings. The summed E-state index contributed by atoms with van der Waals surface area (Å²) in [7, 11) is 0. The van der Waals surface area contributed by atoms with Crippen molar-refractivity contribution in [2.45, 2.75) is 26.4 Å². The summed E-state index contributed by atoms with van der Waals surface area (Å²) in [5.41, 5.74) is -0.0826. The maximum atomic E-state index is 5.70. The van der Waals surface area contributed by atoms with Crippen LogP contribution in [-0.4, -0.2) is 39.5 Å². The lowest BCUT2D eigenvalue weighted by Gasteiger charge is -2.45. The van der Waals surface area contributed by atoms with E-state index in [1.54, 1.807) is 0 Å². The molecule has 4 nitrogen and oxygen atoms in total. The second-order valence-electron chi connectivity index (χ2n) is 4.93. The zero-order valence-electron chi connectivity index (χ0n) is 9.53. The molecule has 1 spiro atoms. The van der Waals surface area contributed by atoms with E-state index in [1.807, 2.05) is 0 Å². The third-order valence-electron chi connectivity index (χ3n) is 3.06. The van der Waals surface area contributed by atoms with Crippen LogP contribution in [0.5, 0.6) is 0 Å². The van der Waals surface area contributed by atoms with Crippen LogP contribution < -0.4 is 0 Å². The summed E-state index contributed by atoms with van der Waals surface area (Å²) in [4.78, 5) is 0. The van der Waals surface area contributed by atoms with E-state index in [0.717, 1.165) is 6.42 Å². The third kappa shape index (κ3) is 2.50. The van der Waals surface area contributed by atoms with Gasteiger partial charge in [0.25, 0.3) is 0 Å². The van der Waals surface area contributed by atoms with Crippen molar-refractivity contribution in [1.82, 2.24) is 0 Å². The number of ether oxygens (including phenoxy) is 4. The molecule has 2 saturated heterocycles. The first-order valence-electron chi connectivity index (χ1n) is 5.58. The van der Waals surface area contributed by atoms with E-state index in [0.29, 0.717) is 39.3 Å². The van der Waals surface area contributed by atoms with Crippen molar-refractivity contribution in [3.05, 3.63) is 0 Å². The Morgan fingerprint density at radius 3 is 2.27 bits per heavy atom. The van der Waals surface area contributed by atoms with Crippen LogP contribution in [-0.2, 0) is 18.9 Å². The molecule has 15 heavy (non-hydrogen) atoms. The van der Waals surface area contributed by atoms with E-state index in [9.17, 15) is 0 Å². The second kappa shape index (κ2) is 4.78. The Labute approximate surface area is 90.8 Å². The van der Waals surface area contributed by atoms with Gasteiger partial charge in [-0.2, -0.15) is 0 Å². The average Bonchev–Trinajstić information content (AvgIpc) is 2.23. The molecule has 0 radical (unpaired) electrons. The van der Waals surface area contributed by atoms with Crippen molar-refractivity contribution in [3.63, 3.8) is 0 Å². The lowest BCUT2D eigenvalue weighted by atomic mass is 9.79. The number of hydrogen-bond acceptors (Lipinski definition) is 4. The van der Waals surface area contributed by atoms with Gasteiger partial charge in [-0.25, -0.2) is 0 Å². The quantitative estimate of drug-likeness (QED) is 0.699. The van der Waals surface area contributed by atoms with Gasteiger partial charge in [0.05, 0.1) is 31.3 Å². The first-order valence-corrected chi connectivity index (χ1v) is 5.58. The smallest absolute Gasteiger partial charge is 0.147 e. The Hall–Kier alpha value is -0.160. The summed E-state index contributed by atoms with van der Waals surface area (Å²) in [6.45, 7) is 7.27. The van der Waals surface area contributed by atoms with Crippen molar-refractivity contribution in [2.75, 3.05) is 33.4 Å². The molecular formula is C11H20O4. The van der Waals surface area contributed by atoms with Gasteiger partial charge >= 0.3 is 0 Å². The molecule has 0 aromatic heterocycles. The maximum absolute atomic E-state index is 5.70. The van der Waals surface area contributed by atoms with E-state index < -0.39 is 0 Å². The van der Waals surface area contributed by atoms with Crippen LogP contribution in [0.3, 0.4) is 0 Å². The topological polar surface area (TPSA) is 36.9 Å². The minimum atomic E-state index is -0.0826. The maximum Gasteiger partial charge on any atom is 0.147 e. The van der Waals surface area contributed by atoms with Crippen LogP contribution in [0.25, 0.3) is 0 Å². The minimum absolute atomic E-state index is 0.0826. The largest absolute Gasteiger partial charge is 0.355 e. The van der Waals surface area contributed by atoms with Crippen molar-refractivity contribution in [3.8, 4) is 0 Å². The highest BCUT2D eigenvalue weighted by atomic mass is 16.7. The zero-order chi connectivity index (χ0) is 10.7. The van der Waals surface area contributed by atoms with Crippen LogP contribution >= 0.6 is 0 Å². The SMILES string of the molecule is CC(C)CC1OCOCC12COCOC2. The predicted octanol–water partition coefficient (Wildman–Crippen LogP) is 1.40. The standard InChI is InChI=1S/C11H20O4/c1-9(2)3-10-11(6-14-8-15-10)4-12-7-13-5-11/h9-10H,3-8H2,1-2H3. The molecule has 0 N–H and O–H groups in total. The van der Waals surface area contributed by atoms with Gasteiger partial charge < -0.3 is 18.9 Å². The van der Waals surface area contributed by atoms with Gasteiger partial charge in [-0.3, -0.25) is 0 Å². The van der Waals surface area contributed by atoms with Gasteiger partial charge in [-0.15, -0.1) is 0 Å². The summed E-state index contributed by atoms with van der Waals surface area (Å²) in [6.07, 6.45) is 1.24. The van der Waals surface area contributed by atoms with Gasteiger partial charge in [0.1, 0.15) is 13.6 Å². The van der Waals surface area contributed by atoms with Gasteiger partial charge in [0.15, 0.2) is 0 Å². The normalized spacial score (nSPS) is 31.0. The summed E-state index contributed by atoms with van der Waals surface area (Å²) in [5, 5.41) is 0. The molecule has 2 heterocycles. The van der Waals surface area contributed by atoms with E-state index in [2.05, 4.69) is 13.8 Å². The monoisotopic (exact) mass is 216 g/mol. The van der Waals surface area contributed by atoms with Gasteiger partial charge in [0.2, 0.25) is 0 Å². The van der Waals surface area contributed by atoms with Crippen molar-refractivity contribution in [2.24, 2.45) is 11.3 Å². The van der Waals surface area contributed by atoms with Gasteiger partial charge in [-0.05, 0) is 12.3 Å². The van der Waals surface area contributed by atoms with E-state index in [4.69, 9.17) is 18.9 Å². The minimum Gasteiger partial charge on any atom is -0.355 e. The molecule has 0 aromatic carbocycles. The molecule has 2 aliphatic rings. The summed E-state index contributed by atoms with van der Waals surface area (Å²) in [6, 6.07) is 0. The summed E-state index contributed by atoms with van der Waals surface area (Å²) in [5.74, 6) is 0.618. The molecule has 0 amide bonds. The fraction of sp³-hybridized carbons (Fsp3) is 1.00. The number of rotatable bonds is 2. The Balaban J connectivity index is 2.03. The molecule has 1 atom stereocenters. The van der Waals surface area contributed by atoms with Crippen LogP contribution in [0.4, 0.5) is 0 Å². The Morgan fingerprint density at radius 2 is 1.67 bits per heavy atom. The molecule has 88 valence electrons. The Kier molecular flexibility index (Phi) is 3.61. The molecule has 0 saturated carbocycles. The van der Waals surface area contributed by atoms with E-state index in [-0.39, 0.29) is 11.5 Å². The molecular weight excluding hydrogens is 196 g/mol. The first kappa shape index (κ1) is 11.3. The van der Waals surface area contributed by atoms with Crippen LogP contribution in [0.1, 0.15) is 20.3 Å². The molecule has 0 bridgehead atoms.